The number of nitrogens with one attached hydrogen (secondary N) is 1. The number of amides is 1. The van der Waals surface area contributed by atoms with Crippen LogP contribution in [0.5, 0.6) is 11.5 Å². The van der Waals surface area contributed by atoms with Crippen LogP contribution in [0.25, 0.3) is 11.1 Å². The maximum Gasteiger partial charge on any atom is 0.335 e. The van der Waals surface area contributed by atoms with E-state index < -0.39 is 5.97 Å². The lowest BCUT2D eigenvalue weighted by molar-refractivity contribution is -0.112. The number of phenolic OH excluding ortho intramolecular Hbond substituents is 1. The van der Waals surface area contributed by atoms with Crippen LogP contribution in [0.3, 0.4) is 0 Å². The third-order valence-electron chi connectivity index (χ3n) is 6.13. The van der Waals surface area contributed by atoms with Crippen LogP contribution in [0.15, 0.2) is 96.1 Å². The molecule has 1 heterocycles. The van der Waals surface area contributed by atoms with E-state index in [9.17, 15) is 19.8 Å². The summed E-state index contributed by atoms with van der Waals surface area (Å²) >= 11 is 0. The van der Waals surface area contributed by atoms with Crippen molar-refractivity contribution in [2.75, 3.05) is 17.4 Å². The molecule has 0 aliphatic carbocycles. The van der Waals surface area contributed by atoms with Gasteiger partial charge in [0.05, 0.1) is 30.6 Å². The first-order valence-electron chi connectivity index (χ1n) is 11.5. The van der Waals surface area contributed by atoms with Gasteiger partial charge in [-0.15, -0.1) is 0 Å². The molecule has 1 aliphatic rings. The molecule has 37 heavy (non-hydrogen) atoms. The Bertz CT molecular complexity index is 1530. The second-order valence-electron chi connectivity index (χ2n) is 8.42. The highest BCUT2D eigenvalue weighted by Gasteiger charge is 2.34. The van der Waals surface area contributed by atoms with Crippen LogP contribution < -0.4 is 15.1 Å². The molecule has 4 aromatic carbocycles. The van der Waals surface area contributed by atoms with Crippen molar-refractivity contribution in [2.45, 2.75) is 6.54 Å². The number of ether oxygens (including phenoxy) is 1. The van der Waals surface area contributed by atoms with Crippen molar-refractivity contribution in [1.82, 2.24) is 0 Å². The summed E-state index contributed by atoms with van der Waals surface area (Å²) in [6.07, 6.45) is 0. The van der Waals surface area contributed by atoms with Crippen LogP contribution in [0.4, 0.5) is 11.4 Å². The summed E-state index contributed by atoms with van der Waals surface area (Å²) in [5.74, 6) is -0.879. The number of aromatic carboxylic acids is 1. The van der Waals surface area contributed by atoms with E-state index in [4.69, 9.17) is 4.74 Å². The van der Waals surface area contributed by atoms with Gasteiger partial charge >= 0.3 is 5.97 Å². The van der Waals surface area contributed by atoms with Crippen molar-refractivity contribution >= 4 is 29.0 Å². The number of carbonyl (C=O) groups excluding carboxylic acids is 1. The molecule has 3 N–H and O–H groups in total. The first-order valence-corrected chi connectivity index (χ1v) is 11.5. The van der Waals surface area contributed by atoms with Gasteiger partial charge in [0, 0.05) is 11.1 Å². The highest BCUT2D eigenvalue weighted by atomic mass is 16.5. The topological polar surface area (TPSA) is 111 Å². The number of hydrogen-bond acceptors (Lipinski definition) is 6. The van der Waals surface area contributed by atoms with E-state index in [1.165, 1.54) is 12.1 Å². The number of hydrogen-bond donors (Lipinski definition) is 3. The van der Waals surface area contributed by atoms with Gasteiger partial charge < -0.3 is 19.8 Å². The maximum atomic E-state index is 13.5. The first kappa shape index (κ1) is 23.6. The molecule has 8 nitrogen and oxygen atoms in total. The molecule has 0 bridgehead atoms. The molecule has 0 saturated carbocycles. The lowest BCUT2D eigenvalue weighted by atomic mass is 10.0. The van der Waals surface area contributed by atoms with E-state index in [0.717, 1.165) is 5.56 Å². The number of para-hydroxylation sites is 1. The fourth-order valence-corrected chi connectivity index (χ4v) is 4.25. The molecule has 0 atom stereocenters. The van der Waals surface area contributed by atoms with Gasteiger partial charge in [-0.05, 0) is 47.5 Å². The zero-order chi connectivity index (χ0) is 25.9. The third-order valence-corrected chi connectivity index (χ3v) is 6.13. The number of rotatable bonds is 7. The molecule has 0 saturated heterocycles. The van der Waals surface area contributed by atoms with Crippen LogP contribution in [0.1, 0.15) is 21.5 Å². The highest BCUT2D eigenvalue weighted by Crippen LogP contribution is 2.37. The number of carboxylic acid groups (broad SMARTS) is 1. The van der Waals surface area contributed by atoms with Crippen molar-refractivity contribution in [3.63, 3.8) is 0 Å². The average molecular weight is 494 g/mol. The summed E-state index contributed by atoms with van der Waals surface area (Å²) in [5, 5.41) is 24.6. The van der Waals surface area contributed by atoms with Crippen molar-refractivity contribution in [3.8, 4) is 22.6 Å². The largest absolute Gasteiger partial charge is 0.505 e. The number of carbonyl (C=O) groups is 2. The predicted octanol–water partition coefficient (Wildman–Crippen LogP) is 5.13. The predicted molar refractivity (Wildman–Crippen MR) is 141 cm³/mol. The van der Waals surface area contributed by atoms with E-state index in [1.807, 2.05) is 36.4 Å². The number of nitrogens with zero attached hydrogens (tertiary/aromatic N) is 2. The number of fused-ring (bicyclic) bond motifs is 1. The molecule has 0 aromatic heterocycles. The van der Waals surface area contributed by atoms with Gasteiger partial charge in [0.2, 0.25) is 0 Å². The van der Waals surface area contributed by atoms with E-state index in [-0.39, 0.29) is 28.6 Å². The van der Waals surface area contributed by atoms with Crippen molar-refractivity contribution in [2.24, 2.45) is 5.10 Å². The van der Waals surface area contributed by atoms with Crippen LogP contribution in [-0.2, 0) is 11.3 Å². The van der Waals surface area contributed by atoms with Crippen molar-refractivity contribution < 1.29 is 24.5 Å². The Kier molecular flexibility index (Phi) is 6.30. The number of hydrazone groups is 1. The normalized spacial score (nSPS) is 13.5. The van der Waals surface area contributed by atoms with Crippen LogP contribution >= 0.6 is 0 Å². The minimum Gasteiger partial charge on any atom is -0.505 e. The van der Waals surface area contributed by atoms with Crippen LogP contribution in [0, 0.1) is 0 Å². The SMILES string of the molecule is COc1ccc2c(c1)/C(=N/Nc1cccc(-c3cccc(C(=O)O)c3)c1O)C(=O)N2Cc1ccccc1. The van der Waals surface area contributed by atoms with E-state index in [2.05, 4.69) is 10.5 Å². The zero-order valence-corrected chi connectivity index (χ0v) is 19.9. The molecular weight excluding hydrogens is 470 g/mol. The van der Waals surface area contributed by atoms with Gasteiger partial charge in [-0.3, -0.25) is 10.2 Å². The molecule has 4 aromatic rings. The molecule has 0 fully saturated rings. The molecule has 0 unspecified atom stereocenters. The van der Waals surface area contributed by atoms with Gasteiger partial charge in [-0.25, -0.2) is 4.79 Å². The summed E-state index contributed by atoms with van der Waals surface area (Å²) in [6, 6.07) is 26.3. The lowest BCUT2D eigenvalue weighted by Gasteiger charge is -2.17. The Morgan fingerprint density at radius 3 is 2.49 bits per heavy atom. The Hall–Kier alpha value is -5.11. The molecule has 1 aliphatic heterocycles. The van der Waals surface area contributed by atoms with E-state index in [0.29, 0.717) is 34.7 Å². The third kappa shape index (κ3) is 4.60. The molecule has 184 valence electrons. The van der Waals surface area contributed by atoms with Gasteiger partial charge in [-0.1, -0.05) is 54.6 Å². The molecular formula is C29H23N3O5. The number of anilines is 2. The molecule has 0 radical (unpaired) electrons. The highest BCUT2D eigenvalue weighted by molar-refractivity contribution is 6.54. The maximum absolute atomic E-state index is 13.5. The van der Waals surface area contributed by atoms with Crippen molar-refractivity contribution in [3.05, 3.63) is 108 Å². The number of phenols is 1. The summed E-state index contributed by atoms with van der Waals surface area (Å²) in [7, 11) is 1.55. The average Bonchev–Trinajstić information content (AvgIpc) is 3.18. The van der Waals surface area contributed by atoms with Crippen LogP contribution in [-0.4, -0.2) is 34.9 Å². The standard InChI is InChI=1S/C29H23N3O5/c1-37-21-13-14-25-23(16-21)26(28(34)32(25)17-18-7-3-2-4-8-18)31-30-24-12-6-11-22(27(24)33)19-9-5-10-20(15-19)29(35)36/h2-16,30,33H,17H2,1H3,(H,35,36)/b31-26-. The molecule has 8 heteroatoms. The number of aromatic hydroxyl groups is 1. The molecule has 0 spiro atoms. The lowest BCUT2D eigenvalue weighted by Crippen LogP contribution is -2.30. The smallest absolute Gasteiger partial charge is 0.335 e. The number of methoxy groups -OCH3 is 1. The Labute approximate surface area is 213 Å². The Morgan fingerprint density at radius 1 is 0.946 bits per heavy atom. The summed E-state index contributed by atoms with van der Waals surface area (Å²) in [5.41, 5.74) is 6.64. The van der Waals surface area contributed by atoms with Gasteiger partial charge in [0.15, 0.2) is 5.71 Å². The Balaban J connectivity index is 1.49. The van der Waals surface area contributed by atoms with Crippen molar-refractivity contribution in [1.29, 1.82) is 0 Å². The van der Waals surface area contributed by atoms with Gasteiger partial charge in [0.1, 0.15) is 11.5 Å². The molecule has 1 amide bonds. The zero-order valence-electron chi connectivity index (χ0n) is 19.9. The summed E-state index contributed by atoms with van der Waals surface area (Å²) in [6.45, 7) is 0.374. The fourth-order valence-electron chi connectivity index (χ4n) is 4.25. The minimum atomic E-state index is -1.06. The number of benzene rings is 4. The first-order chi connectivity index (χ1) is 18.0. The fraction of sp³-hybridized carbons (Fsp3) is 0.0690. The van der Waals surface area contributed by atoms with Gasteiger partial charge in [0.25, 0.3) is 5.91 Å². The van der Waals surface area contributed by atoms with E-state index >= 15 is 0 Å². The second kappa shape index (κ2) is 9.87. The Morgan fingerprint density at radius 2 is 1.73 bits per heavy atom. The second-order valence-corrected chi connectivity index (χ2v) is 8.42. The summed E-state index contributed by atoms with van der Waals surface area (Å²) in [4.78, 5) is 26.5. The number of carboxylic acids is 1. The van der Waals surface area contributed by atoms with E-state index in [1.54, 1.807) is 54.5 Å². The summed E-state index contributed by atoms with van der Waals surface area (Å²) < 4.78 is 5.36. The molecule has 5 rings (SSSR count). The van der Waals surface area contributed by atoms with Crippen LogP contribution in [0.2, 0.25) is 0 Å². The minimum absolute atomic E-state index is 0.108. The monoisotopic (exact) mass is 493 g/mol. The van der Waals surface area contributed by atoms with Gasteiger partial charge in [-0.2, -0.15) is 5.10 Å². The quantitative estimate of drug-likeness (QED) is 0.243.